The molecule has 0 amide bonds. The molecule has 1 aromatic rings. The molecule has 0 saturated heterocycles. The lowest BCUT2D eigenvalue weighted by atomic mass is 10.0. The number of aliphatic imine (C=N–C) groups is 1. The number of aldehydes is 1. The van der Waals surface area contributed by atoms with Crippen LogP contribution < -0.4 is 5.32 Å². The number of hydrogen-bond donors (Lipinski definition) is 1. The van der Waals surface area contributed by atoms with Crippen molar-refractivity contribution in [1.29, 1.82) is 0 Å². The van der Waals surface area contributed by atoms with Crippen molar-refractivity contribution in [2.75, 3.05) is 19.9 Å². The summed E-state index contributed by atoms with van der Waals surface area (Å²) in [4.78, 5) is 18.0. The molecule has 0 radical (unpaired) electrons. The largest absolute Gasteiger partial charge is 0.361 e. The van der Waals surface area contributed by atoms with E-state index in [4.69, 9.17) is 4.74 Å². The van der Waals surface area contributed by atoms with Crippen LogP contribution >= 0.6 is 0 Å². The second-order valence-electron chi connectivity index (χ2n) is 8.27. The Morgan fingerprint density at radius 1 is 1.32 bits per heavy atom. The molecule has 5 nitrogen and oxygen atoms in total. The lowest BCUT2D eigenvalue weighted by Crippen LogP contribution is -2.40. The molecular formula is C21H28FN3O2Si. The highest BCUT2D eigenvalue weighted by molar-refractivity contribution is 6.76. The van der Waals surface area contributed by atoms with Gasteiger partial charge in [0, 0.05) is 33.0 Å². The van der Waals surface area contributed by atoms with Gasteiger partial charge in [-0.25, -0.2) is 4.39 Å². The first-order chi connectivity index (χ1) is 13.4. The van der Waals surface area contributed by atoms with Crippen LogP contribution in [0.1, 0.15) is 12.0 Å². The molecule has 7 heteroatoms. The Bertz CT molecular complexity index is 797. The van der Waals surface area contributed by atoms with Gasteiger partial charge in [0.25, 0.3) is 0 Å². The van der Waals surface area contributed by atoms with Crippen LogP contribution in [0.25, 0.3) is 5.70 Å². The highest BCUT2D eigenvalue weighted by Crippen LogP contribution is 2.34. The standard InChI is InChI=1S/C21H28FN3O2Si/c1-28(2,3)13-12-27-15-25-19(14-26)24-20(16-8-10-23-11-9-16)21(25)17-4-6-18(22)7-5-17/h4-8,10,14,19,24H,9,11-13,15H2,1-3H3. The molecule has 2 aliphatic heterocycles. The fourth-order valence-corrected chi connectivity index (χ4v) is 3.98. The number of halogens is 1. The maximum absolute atomic E-state index is 13.5. The third kappa shape index (κ3) is 4.96. The van der Waals surface area contributed by atoms with Crippen LogP contribution in [0.15, 0.2) is 46.6 Å². The summed E-state index contributed by atoms with van der Waals surface area (Å²) >= 11 is 0. The first-order valence-corrected chi connectivity index (χ1v) is 13.4. The second kappa shape index (κ2) is 8.83. The van der Waals surface area contributed by atoms with Crippen molar-refractivity contribution in [3.63, 3.8) is 0 Å². The molecule has 0 aliphatic carbocycles. The van der Waals surface area contributed by atoms with Crippen molar-refractivity contribution in [2.45, 2.75) is 38.3 Å². The van der Waals surface area contributed by atoms with Crippen molar-refractivity contribution in [3.05, 3.63) is 53.0 Å². The summed E-state index contributed by atoms with van der Waals surface area (Å²) in [7, 11) is -1.19. The van der Waals surface area contributed by atoms with Crippen LogP contribution in [0.2, 0.25) is 25.7 Å². The zero-order valence-corrected chi connectivity index (χ0v) is 17.7. The van der Waals surface area contributed by atoms with Gasteiger partial charge in [0.1, 0.15) is 12.5 Å². The number of dihydropyridines is 1. The third-order valence-electron chi connectivity index (χ3n) is 4.84. The SMILES string of the molecule is C[Si](C)(C)CCOCN1C(c2ccc(F)cc2)=C(C2=CC=NCC2)NC1C=O. The fourth-order valence-electron chi connectivity index (χ4n) is 3.23. The van der Waals surface area contributed by atoms with Gasteiger partial charge in [-0.05, 0) is 48.4 Å². The van der Waals surface area contributed by atoms with Gasteiger partial charge < -0.3 is 15.0 Å². The lowest BCUT2D eigenvalue weighted by molar-refractivity contribution is -0.113. The number of rotatable bonds is 8. The molecule has 0 bridgehead atoms. The predicted molar refractivity (Wildman–Crippen MR) is 113 cm³/mol. The molecule has 0 aromatic heterocycles. The number of carbonyl (C=O) groups excluding carboxylic acids is 1. The van der Waals surface area contributed by atoms with E-state index >= 15 is 0 Å². The summed E-state index contributed by atoms with van der Waals surface area (Å²) in [5, 5.41) is 3.32. The average molecular weight is 402 g/mol. The molecule has 28 heavy (non-hydrogen) atoms. The number of hydrogen-bond acceptors (Lipinski definition) is 5. The molecule has 0 fully saturated rings. The zero-order valence-electron chi connectivity index (χ0n) is 16.7. The van der Waals surface area contributed by atoms with Crippen LogP contribution in [0.5, 0.6) is 0 Å². The van der Waals surface area contributed by atoms with Gasteiger partial charge in [-0.3, -0.25) is 9.79 Å². The predicted octanol–water partition coefficient (Wildman–Crippen LogP) is 3.64. The molecule has 1 aromatic carbocycles. The normalized spacial score (nSPS) is 19.6. The summed E-state index contributed by atoms with van der Waals surface area (Å²) in [6.07, 6.45) is 4.92. The molecular weight excluding hydrogens is 373 g/mol. The van der Waals surface area contributed by atoms with E-state index in [1.54, 1.807) is 18.3 Å². The average Bonchev–Trinajstić information content (AvgIpc) is 3.04. The summed E-state index contributed by atoms with van der Waals surface area (Å²) in [5.41, 5.74) is 3.70. The molecule has 1 N–H and O–H groups in total. The topological polar surface area (TPSA) is 53.9 Å². The molecule has 2 heterocycles. The maximum atomic E-state index is 13.5. The van der Waals surface area contributed by atoms with Gasteiger partial charge in [-0.1, -0.05) is 19.6 Å². The lowest BCUT2D eigenvalue weighted by Gasteiger charge is -2.26. The second-order valence-corrected chi connectivity index (χ2v) is 13.9. The third-order valence-corrected chi connectivity index (χ3v) is 6.54. The van der Waals surface area contributed by atoms with E-state index in [0.29, 0.717) is 19.9 Å². The molecule has 3 rings (SSSR count). The van der Waals surface area contributed by atoms with Crippen LogP contribution in [0.4, 0.5) is 4.39 Å². The smallest absolute Gasteiger partial charge is 0.162 e. The molecule has 1 unspecified atom stereocenters. The number of carbonyl (C=O) groups is 1. The number of benzene rings is 1. The molecule has 150 valence electrons. The Morgan fingerprint density at radius 3 is 2.68 bits per heavy atom. The van der Waals surface area contributed by atoms with Crippen molar-refractivity contribution in [2.24, 2.45) is 4.99 Å². The molecule has 1 atom stereocenters. The van der Waals surface area contributed by atoms with Crippen molar-refractivity contribution < 1.29 is 13.9 Å². The Hall–Kier alpha value is -2.25. The molecule has 0 spiro atoms. The number of allylic oxidation sites excluding steroid dienone is 2. The molecule has 0 saturated carbocycles. The van der Waals surface area contributed by atoms with Gasteiger partial charge in [0.05, 0.1) is 11.4 Å². The van der Waals surface area contributed by atoms with Crippen molar-refractivity contribution >= 4 is 26.3 Å². The Labute approximate surface area is 167 Å². The summed E-state index contributed by atoms with van der Waals surface area (Å²) < 4.78 is 19.4. The summed E-state index contributed by atoms with van der Waals surface area (Å²) in [6, 6.07) is 7.42. The highest BCUT2D eigenvalue weighted by atomic mass is 28.3. The van der Waals surface area contributed by atoms with Gasteiger partial charge in [-0.2, -0.15) is 0 Å². The fraction of sp³-hybridized carbons (Fsp3) is 0.429. The Balaban J connectivity index is 1.90. The van der Waals surface area contributed by atoms with Crippen LogP contribution in [0.3, 0.4) is 0 Å². The Kier molecular flexibility index (Phi) is 6.46. The van der Waals surface area contributed by atoms with Gasteiger partial charge >= 0.3 is 0 Å². The van der Waals surface area contributed by atoms with Crippen LogP contribution in [-0.4, -0.2) is 51.5 Å². The highest BCUT2D eigenvalue weighted by Gasteiger charge is 2.33. The van der Waals surface area contributed by atoms with E-state index in [1.807, 2.05) is 11.0 Å². The number of nitrogens with zero attached hydrogens (tertiary/aromatic N) is 2. The van der Waals surface area contributed by atoms with Crippen molar-refractivity contribution in [3.8, 4) is 0 Å². The minimum atomic E-state index is -1.19. The van der Waals surface area contributed by atoms with Crippen LogP contribution in [0, 0.1) is 5.82 Å². The van der Waals surface area contributed by atoms with Gasteiger partial charge in [-0.15, -0.1) is 0 Å². The van der Waals surface area contributed by atoms with Gasteiger partial charge in [0.2, 0.25) is 0 Å². The minimum absolute atomic E-state index is 0.286. The first kappa shape index (κ1) is 20.5. The van der Waals surface area contributed by atoms with Crippen LogP contribution in [-0.2, 0) is 9.53 Å². The van der Waals surface area contributed by atoms with E-state index in [1.165, 1.54) is 12.1 Å². The minimum Gasteiger partial charge on any atom is -0.361 e. The van der Waals surface area contributed by atoms with E-state index in [-0.39, 0.29) is 5.82 Å². The van der Waals surface area contributed by atoms with E-state index < -0.39 is 14.2 Å². The van der Waals surface area contributed by atoms with E-state index in [2.05, 4.69) is 30.0 Å². The maximum Gasteiger partial charge on any atom is 0.162 e. The summed E-state index contributed by atoms with van der Waals surface area (Å²) in [5.74, 6) is -0.286. The Morgan fingerprint density at radius 2 is 2.07 bits per heavy atom. The summed E-state index contributed by atoms with van der Waals surface area (Å²) in [6.45, 7) is 8.60. The van der Waals surface area contributed by atoms with Gasteiger partial charge in [0.15, 0.2) is 12.5 Å². The number of ether oxygens (including phenoxy) is 1. The van der Waals surface area contributed by atoms with E-state index in [9.17, 15) is 9.18 Å². The monoisotopic (exact) mass is 401 g/mol. The number of nitrogens with one attached hydrogen (secondary N) is 1. The van der Waals surface area contributed by atoms with Crippen molar-refractivity contribution in [1.82, 2.24) is 10.2 Å². The zero-order chi connectivity index (χ0) is 20.1. The molecule has 2 aliphatic rings. The quantitative estimate of drug-likeness (QED) is 0.411. The first-order valence-electron chi connectivity index (χ1n) is 9.65. The van der Waals surface area contributed by atoms with E-state index in [0.717, 1.165) is 41.3 Å².